The lowest BCUT2D eigenvalue weighted by molar-refractivity contribution is -0.120. The van der Waals surface area contributed by atoms with Gasteiger partial charge in [0, 0.05) is 18.8 Å². The van der Waals surface area contributed by atoms with Crippen LogP contribution in [0.4, 0.5) is 0 Å². The van der Waals surface area contributed by atoms with E-state index in [-0.39, 0.29) is 5.91 Å². The molecule has 0 aliphatic heterocycles. The fourth-order valence-corrected chi connectivity index (χ4v) is 1.69. The molecule has 0 unspecified atom stereocenters. The van der Waals surface area contributed by atoms with Gasteiger partial charge in [-0.3, -0.25) is 4.79 Å². The van der Waals surface area contributed by atoms with Gasteiger partial charge in [0.2, 0.25) is 5.91 Å². The van der Waals surface area contributed by atoms with Gasteiger partial charge in [0.1, 0.15) is 5.75 Å². The Kier molecular flexibility index (Phi) is 5.84. The molecule has 1 aromatic rings. The molecule has 1 N–H and O–H groups in total. The average molecular weight is 256 g/mol. The highest BCUT2D eigenvalue weighted by atomic mass is 35.5. The first-order valence-electron chi connectivity index (χ1n) is 5.72. The van der Waals surface area contributed by atoms with Crippen molar-refractivity contribution in [1.82, 2.24) is 5.32 Å². The van der Waals surface area contributed by atoms with Crippen molar-refractivity contribution in [3.63, 3.8) is 0 Å². The number of halogens is 1. The zero-order valence-electron chi connectivity index (χ0n) is 10.3. The van der Waals surface area contributed by atoms with Crippen LogP contribution in [-0.2, 0) is 11.3 Å². The van der Waals surface area contributed by atoms with Crippen LogP contribution in [0.15, 0.2) is 18.2 Å². The molecule has 17 heavy (non-hydrogen) atoms. The number of amides is 1. The van der Waals surface area contributed by atoms with Crippen LogP contribution in [0, 0.1) is 6.92 Å². The van der Waals surface area contributed by atoms with Gasteiger partial charge in [0.15, 0.2) is 0 Å². The molecule has 3 nitrogen and oxygen atoms in total. The zero-order valence-corrected chi connectivity index (χ0v) is 11.0. The fraction of sp³-hybridized carbons (Fsp3) is 0.462. The van der Waals surface area contributed by atoms with Crippen molar-refractivity contribution in [3.05, 3.63) is 29.3 Å². The van der Waals surface area contributed by atoms with Crippen LogP contribution in [0.2, 0.25) is 0 Å². The maximum Gasteiger partial charge on any atom is 0.221 e. The van der Waals surface area contributed by atoms with Crippen LogP contribution in [0.5, 0.6) is 5.75 Å². The third-order valence-electron chi connectivity index (χ3n) is 2.35. The number of alkyl halides is 1. The summed E-state index contributed by atoms with van der Waals surface area (Å²) in [6.45, 7) is 5.14. The van der Waals surface area contributed by atoms with E-state index in [1.807, 2.05) is 32.0 Å². The maximum atomic E-state index is 11.3. The first-order chi connectivity index (χ1) is 8.17. The third kappa shape index (κ3) is 4.65. The molecule has 0 aliphatic rings. The van der Waals surface area contributed by atoms with Gasteiger partial charge in [-0.25, -0.2) is 0 Å². The summed E-state index contributed by atoms with van der Waals surface area (Å²) in [6, 6.07) is 5.91. The van der Waals surface area contributed by atoms with Gasteiger partial charge < -0.3 is 10.1 Å². The molecule has 1 rings (SSSR count). The van der Waals surface area contributed by atoms with Gasteiger partial charge in [-0.1, -0.05) is 12.1 Å². The van der Waals surface area contributed by atoms with Crippen molar-refractivity contribution in [1.29, 1.82) is 0 Å². The lowest BCUT2D eigenvalue weighted by atomic mass is 10.1. The summed E-state index contributed by atoms with van der Waals surface area (Å²) in [5.41, 5.74) is 2.14. The number of carbonyl (C=O) groups is 1. The summed E-state index contributed by atoms with van der Waals surface area (Å²) in [6.07, 6.45) is 0.359. The van der Waals surface area contributed by atoms with Crippen LogP contribution in [0.25, 0.3) is 0 Å². The maximum absolute atomic E-state index is 11.3. The second-order valence-electron chi connectivity index (χ2n) is 3.75. The molecule has 0 spiro atoms. The highest BCUT2D eigenvalue weighted by Gasteiger charge is 2.03. The van der Waals surface area contributed by atoms with Crippen LogP contribution >= 0.6 is 11.6 Å². The van der Waals surface area contributed by atoms with Gasteiger partial charge >= 0.3 is 0 Å². The molecule has 94 valence electrons. The first kappa shape index (κ1) is 13.8. The Balaban J connectivity index is 2.55. The van der Waals surface area contributed by atoms with Gasteiger partial charge in [0.25, 0.3) is 0 Å². The molecule has 0 heterocycles. The highest BCUT2D eigenvalue weighted by molar-refractivity contribution is 6.18. The molecular weight excluding hydrogens is 238 g/mol. The second-order valence-corrected chi connectivity index (χ2v) is 4.13. The van der Waals surface area contributed by atoms with E-state index in [0.29, 0.717) is 25.5 Å². The van der Waals surface area contributed by atoms with Gasteiger partial charge in [-0.05, 0) is 31.0 Å². The van der Waals surface area contributed by atoms with E-state index >= 15 is 0 Å². The molecule has 0 saturated heterocycles. The standard InChI is InChI=1S/C13H18ClNO2/c1-3-17-12-5-4-11(8-10(12)2)9-15-13(16)6-7-14/h4-5,8H,3,6-7,9H2,1-2H3,(H,15,16). The van der Waals surface area contributed by atoms with Crippen molar-refractivity contribution in [2.45, 2.75) is 26.8 Å². The molecule has 0 radical (unpaired) electrons. The summed E-state index contributed by atoms with van der Waals surface area (Å²) in [7, 11) is 0. The van der Waals surface area contributed by atoms with E-state index in [1.54, 1.807) is 0 Å². The first-order valence-corrected chi connectivity index (χ1v) is 6.25. The van der Waals surface area contributed by atoms with E-state index in [4.69, 9.17) is 16.3 Å². The molecule has 0 aliphatic carbocycles. The minimum atomic E-state index is -0.0217. The average Bonchev–Trinajstić information content (AvgIpc) is 2.30. The van der Waals surface area contributed by atoms with Crippen LogP contribution in [0.3, 0.4) is 0 Å². The SMILES string of the molecule is CCOc1ccc(CNC(=O)CCCl)cc1C. The quantitative estimate of drug-likeness (QED) is 0.794. The fourth-order valence-electron chi connectivity index (χ4n) is 1.51. The summed E-state index contributed by atoms with van der Waals surface area (Å²) in [4.78, 5) is 11.3. The summed E-state index contributed by atoms with van der Waals surface area (Å²) >= 11 is 5.48. The van der Waals surface area contributed by atoms with E-state index < -0.39 is 0 Å². The summed E-state index contributed by atoms with van der Waals surface area (Å²) < 4.78 is 5.45. The smallest absolute Gasteiger partial charge is 0.221 e. The summed E-state index contributed by atoms with van der Waals surface area (Å²) in [5.74, 6) is 1.23. The van der Waals surface area contributed by atoms with Crippen molar-refractivity contribution < 1.29 is 9.53 Å². The number of nitrogens with one attached hydrogen (secondary N) is 1. The van der Waals surface area contributed by atoms with E-state index in [1.165, 1.54) is 0 Å². The molecule has 1 amide bonds. The monoisotopic (exact) mass is 255 g/mol. The summed E-state index contributed by atoms with van der Waals surface area (Å²) in [5, 5.41) is 2.81. The topological polar surface area (TPSA) is 38.3 Å². The lowest BCUT2D eigenvalue weighted by Crippen LogP contribution is -2.22. The van der Waals surface area contributed by atoms with Crippen molar-refractivity contribution >= 4 is 17.5 Å². The third-order valence-corrected chi connectivity index (χ3v) is 2.54. The highest BCUT2D eigenvalue weighted by Crippen LogP contribution is 2.18. The van der Waals surface area contributed by atoms with Gasteiger partial charge in [-0.2, -0.15) is 0 Å². The Morgan fingerprint density at radius 3 is 2.82 bits per heavy atom. The van der Waals surface area contributed by atoms with Gasteiger partial charge in [0.05, 0.1) is 6.61 Å². The van der Waals surface area contributed by atoms with Crippen LogP contribution < -0.4 is 10.1 Å². The Morgan fingerprint density at radius 1 is 1.47 bits per heavy atom. The Morgan fingerprint density at radius 2 is 2.24 bits per heavy atom. The largest absolute Gasteiger partial charge is 0.494 e. The minimum Gasteiger partial charge on any atom is -0.494 e. The van der Waals surface area contributed by atoms with E-state index in [9.17, 15) is 4.79 Å². The number of carbonyl (C=O) groups excluding carboxylic acids is 1. The number of benzene rings is 1. The zero-order chi connectivity index (χ0) is 12.7. The van der Waals surface area contributed by atoms with Gasteiger partial charge in [-0.15, -0.1) is 11.6 Å². The normalized spacial score (nSPS) is 10.1. The predicted octanol–water partition coefficient (Wildman–Crippen LogP) is 2.64. The molecule has 4 heteroatoms. The Labute approximate surface area is 107 Å². The van der Waals surface area contributed by atoms with Crippen molar-refractivity contribution in [2.24, 2.45) is 0 Å². The van der Waals surface area contributed by atoms with E-state index in [0.717, 1.165) is 16.9 Å². The number of hydrogen-bond donors (Lipinski definition) is 1. The number of aryl methyl sites for hydroxylation is 1. The molecule has 0 aromatic heterocycles. The Hall–Kier alpha value is -1.22. The predicted molar refractivity (Wildman–Crippen MR) is 69.5 cm³/mol. The minimum absolute atomic E-state index is 0.0217. The van der Waals surface area contributed by atoms with E-state index in [2.05, 4.69) is 5.32 Å². The number of hydrogen-bond acceptors (Lipinski definition) is 2. The van der Waals surface area contributed by atoms with Crippen molar-refractivity contribution in [3.8, 4) is 5.75 Å². The Bertz CT molecular complexity index is 380. The molecule has 0 fully saturated rings. The molecule has 0 atom stereocenters. The van der Waals surface area contributed by atoms with Crippen LogP contribution in [0.1, 0.15) is 24.5 Å². The second kappa shape index (κ2) is 7.17. The lowest BCUT2D eigenvalue weighted by Gasteiger charge is -2.09. The van der Waals surface area contributed by atoms with Crippen molar-refractivity contribution in [2.75, 3.05) is 12.5 Å². The number of ether oxygens (including phenoxy) is 1. The number of rotatable bonds is 6. The molecular formula is C13H18ClNO2. The van der Waals surface area contributed by atoms with Crippen LogP contribution in [-0.4, -0.2) is 18.4 Å². The molecule has 1 aromatic carbocycles. The molecule has 0 saturated carbocycles. The molecule has 0 bridgehead atoms.